The SMILES string of the molecule is COC(C)=Cc1ccc(C=O)n1-c1ccc(Cl)cc1C(=O)c1cccc(OC)c1OC. The summed E-state index contributed by atoms with van der Waals surface area (Å²) in [6.07, 6.45) is 2.51. The Bertz CT molecular complexity index is 1160. The fourth-order valence-corrected chi connectivity index (χ4v) is 3.49. The molecule has 1 aromatic heterocycles. The Morgan fingerprint density at radius 1 is 0.968 bits per heavy atom. The number of aldehydes is 1. The van der Waals surface area contributed by atoms with Crippen LogP contribution in [-0.4, -0.2) is 38.0 Å². The van der Waals surface area contributed by atoms with Crippen molar-refractivity contribution in [1.82, 2.24) is 4.57 Å². The molecule has 6 nitrogen and oxygen atoms in total. The number of benzene rings is 2. The highest BCUT2D eigenvalue weighted by atomic mass is 35.5. The predicted octanol–water partition coefficient (Wildman–Crippen LogP) is 5.20. The molecule has 7 heteroatoms. The lowest BCUT2D eigenvalue weighted by Crippen LogP contribution is -2.12. The van der Waals surface area contributed by atoms with Crippen LogP contribution in [0.3, 0.4) is 0 Å². The third-order valence-corrected chi connectivity index (χ3v) is 5.06. The number of ketones is 1. The third kappa shape index (κ3) is 4.34. The topological polar surface area (TPSA) is 66.8 Å². The van der Waals surface area contributed by atoms with Crippen LogP contribution in [-0.2, 0) is 4.74 Å². The normalized spacial score (nSPS) is 11.2. The first-order valence-electron chi connectivity index (χ1n) is 9.40. The minimum Gasteiger partial charge on any atom is -0.501 e. The lowest BCUT2D eigenvalue weighted by Gasteiger charge is -2.17. The second kappa shape index (κ2) is 9.53. The largest absolute Gasteiger partial charge is 0.501 e. The van der Waals surface area contributed by atoms with Crippen molar-refractivity contribution in [1.29, 1.82) is 0 Å². The molecular weight excluding hydrogens is 418 g/mol. The van der Waals surface area contributed by atoms with Gasteiger partial charge in [0.1, 0.15) is 0 Å². The van der Waals surface area contributed by atoms with E-state index in [-0.39, 0.29) is 5.78 Å². The number of carbonyl (C=O) groups excluding carboxylic acids is 2. The number of hydrogen-bond acceptors (Lipinski definition) is 5. The smallest absolute Gasteiger partial charge is 0.199 e. The summed E-state index contributed by atoms with van der Waals surface area (Å²) < 4.78 is 17.7. The van der Waals surface area contributed by atoms with Crippen molar-refractivity contribution < 1.29 is 23.8 Å². The van der Waals surface area contributed by atoms with E-state index in [1.54, 1.807) is 73.2 Å². The Morgan fingerprint density at radius 3 is 2.35 bits per heavy atom. The molecule has 160 valence electrons. The molecule has 0 N–H and O–H groups in total. The van der Waals surface area contributed by atoms with Crippen molar-refractivity contribution in [3.05, 3.63) is 81.8 Å². The van der Waals surface area contributed by atoms with E-state index in [4.69, 9.17) is 25.8 Å². The lowest BCUT2D eigenvalue weighted by atomic mass is 10.00. The van der Waals surface area contributed by atoms with E-state index in [0.29, 0.717) is 50.5 Å². The Morgan fingerprint density at radius 2 is 1.71 bits per heavy atom. The van der Waals surface area contributed by atoms with Crippen LogP contribution in [0, 0.1) is 0 Å². The molecule has 0 saturated carbocycles. The molecular formula is C24H22ClNO5. The van der Waals surface area contributed by atoms with Gasteiger partial charge in [-0.3, -0.25) is 9.59 Å². The maximum Gasteiger partial charge on any atom is 0.199 e. The Kier molecular flexibility index (Phi) is 6.82. The molecule has 0 atom stereocenters. The molecule has 0 bridgehead atoms. The molecule has 3 aromatic rings. The van der Waals surface area contributed by atoms with E-state index in [1.165, 1.54) is 14.2 Å². The van der Waals surface area contributed by atoms with E-state index in [0.717, 1.165) is 6.29 Å². The minimum absolute atomic E-state index is 0.308. The molecule has 0 unspecified atom stereocenters. The highest BCUT2D eigenvalue weighted by Gasteiger charge is 2.23. The van der Waals surface area contributed by atoms with Crippen LogP contribution in [0.4, 0.5) is 0 Å². The number of hydrogen-bond donors (Lipinski definition) is 0. The summed E-state index contributed by atoms with van der Waals surface area (Å²) in [5.74, 6) is 1.08. The summed E-state index contributed by atoms with van der Waals surface area (Å²) in [5, 5.41) is 0.388. The molecule has 1 heterocycles. The maximum atomic E-state index is 13.6. The van der Waals surface area contributed by atoms with Crippen LogP contribution in [0.25, 0.3) is 11.8 Å². The van der Waals surface area contributed by atoms with Crippen LogP contribution in [0.2, 0.25) is 5.02 Å². The summed E-state index contributed by atoms with van der Waals surface area (Å²) in [6, 6.07) is 13.5. The highest BCUT2D eigenvalue weighted by Crippen LogP contribution is 2.34. The molecule has 0 spiro atoms. The van der Waals surface area contributed by atoms with Crippen LogP contribution in [0.5, 0.6) is 11.5 Å². The van der Waals surface area contributed by atoms with Crippen molar-refractivity contribution in [3.63, 3.8) is 0 Å². The van der Waals surface area contributed by atoms with Gasteiger partial charge in [0.25, 0.3) is 0 Å². The highest BCUT2D eigenvalue weighted by molar-refractivity contribution is 6.31. The van der Waals surface area contributed by atoms with Gasteiger partial charge in [0.15, 0.2) is 23.6 Å². The zero-order valence-corrected chi connectivity index (χ0v) is 18.4. The number of carbonyl (C=O) groups is 2. The van der Waals surface area contributed by atoms with Gasteiger partial charge in [-0.05, 0) is 55.5 Å². The number of ether oxygens (including phenoxy) is 3. The Hall–Kier alpha value is -3.51. The molecule has 0 amide bonds. The first-order chi connectivity index (χ1) is 14.9. The molecule has 0 aliphatic heterocycles. The predicted molar refractivity (Wildman–Crippen MR) is 120 cm³/mol. The van der Waals surface area contributed by atoms with Crippen molar-refractivity contribution in [2.75, 3.05) is 21.3 Å². The van der Waals surface area contributed by atoms with Gasteiger partial charge >= 0.3 is 0 Å². The summed E-state index contributed by atoms with van der Waals surface area (Å²) in [7, 11) is 4.54. The van der Waals surface area contributed by atoms with Crippen LogP contribution >= 0.6 is 11.6 Å². The van der Waals surface area contributed by atoms with Gasteiger partial charge in [-0.25, -0.2) is 0 Å². The van der Waals surface area contributed by atoms with Gasteiger partial charge < -0.3 is 18.8 Å². The molecule has 2 aromatic carbocycles. The van der Waals surface area contributed by atoms with Crippen LogP contribution < -0.4 is 9.47 Å². The van der Waals surface area contributed by atoms with Gasteiger partial charge in [-0.15, -0.1) is 0 Å². The Balaban J connectivity index is 2.27. The second-order valence-corrected chi connectivity index (χ2v) is 7.06. The molecule has 0 aliphatic carbocycles. The lowest BCUT2D eigenvalue weighted by molar-refractivity contribution is 0.103. The molecule has 0 fully saturated rings. The summed E-state index contributed by atoms with van der Waals surface area (Å²) in [5.41, 5.74) is 2.18. The second-order valence-electron chi connectivity index (χ2n) is 6.63. The third-order valence-electron chi connectivity index (χ3n) is 4.83. The number of methoxy groups -OCH3 is 3. The van der Waals surface area contributed by atoms with E-state index < -0.39 is 0 Å². The van der Waals surface area contributed by atoms with Gasteiger partial charge in [0.05, 0.1) is 44.0 Å². The number of aromatic nitrogens is 1. The van der Waals surface area contributed by atoms with Crippen LogP contribution in [0.1, 0.15) is 39.0 Å². The molecule has 31 heavy (non-hydrogen) atoms. The van der Waals surface area contributed by atoms with Crippen molar-refractivity contribution >= 4 is 29.7 Å². The monoisotopic (exact) mass is 439 g/mol. The maximum absolute atomic E-state index is 13.6. The van der Waals surface area contributed by atoms with E-state index in [2.05, 4.69) is 0 Å². The fraction of sp³-hybridized carbons (Fsp3) is 0.167. The van der Waals surface area contributed by atoms with Gasteiger partial charge in [-0.2, -0.15) is 0 Å². The summed E-state index contributed by atoms with van der Waals surface area (Å²) in [4.78, 5) is 25.4. The van der Waals surface area contributed by atoms with Crippen molar-refractivity contribution in [3.8, 4) is 17.2 Å². The van der Waals surface area contributed by atoms with Gasteiger partial charge in [0, 0.05) is 16.3 Å². The first kappa shape index (κ1) is 22.2. The molecule has 0 radical (unpaired) electrons. The number of rotatable bonds is 8. The van der Waals surface area contributed by atoms with Crippen LogP contribution in [0.15, 0.2) is 54.3 Å². The van der Waals surface area contributed by atoms with Crippen molar-refractivity contribution in [2.24, 2.45) is 0 Å². The average Bonchev–Trinajstić information content (AvgIpc) is 3.19. The quantitative estimate of drug-likeness (QED) is 0.274. The zero-order chi connectivity index (χ0) is 22.5. The molecule has 0 saturated heterocycles. The van der Waals surface area contributed by atoms with Gasteiger partial charge in [0.2, 0.25) is 0 Å². The standard InChI is InChI=1S/C24H22ClNO5/c1-15(29-2)12-17-9-10-18(14-27)26(17)21-11-8-16(25)13-20(21)23(28)19-6-5-7-22(30-3)24(19)31-4/h5-14H,1-4H3. The molecule has 3 rings (SSSR count). The number of nitrogens with zero attached hydrogens (tertiary/aromatic N) is 1. The zero-order valence-electron chi connectivity index (χ0n) is 17.6. The van der Waals surface area contributed by atoms with Crippen molar-refractivity contribution in [2.45, 2.75) is 6.92 Å². The Labute approximate surface area is 185 Å². The van der Waals surface area contributed by atoms with E-state index in [1.807, 2.05) is 0 Å². The average molecular weight is 440 g/mol. The summed E-state index contributed by atoms with van der Waals surface area (Å²) >= 11 is 6.24. The molecule has 0 aliphatic rings. The number of para-hydroxylation sites is 1. The minimum atomic E-state index is -0.322. The fourth-order valence-electron chi connectivity index (χ4n) is 3.32. The number of allylic oxidation sites excluding steroid dienone is 1. The van der Waals surface area contributed by atoms with E-state index in [9.17, 15) is 9.59 Å². The first-order valence-corrected chi connectivity index (χ1v) is 9.77. The van der Waals surface area contributed by atoms with E-state index >= 15 is 0 Å². The number of halogens is 1. The summed E-state index contributed by atoms with van der Waals surface area (Å²) in [6.45, 7) is 1.80. The van der Waals surface area contributed by atoms with Gasteiger partial charge in [-0.1, -0.05) is 17.7 Å².